The van der Waals surface area contributed by atoms with Gasteiger partial charge in [-0.05, 0) is 59.7 Å². The molecule has 5 heteroatoms. The smallest absolute Gasteiger partial charge is 0.304 e. The zero-order valence-electron chi connectivity index (χ0n) is 19.8. The molecule has 1 unspecified atom stereocenters. The molecule has 1 atom stereocenters. The molecule has 0 radical (unpaired) electrons. The molecular formula is C29H33NO4. The van der Waals surface area contributed by atoms with E-state index < -0.39 is 5.97 Å². The first-order chi connectivity index (χ1) is 16.6. The number of rotatable bonds is 10. The van der Waals surface area contributed by atoms with E-state index in [1.54, 1.807) is 0 Å². The van der Waals surface area contributed by atoms with Crippen molar-refractivity contribution in [1.29, 1.82) is 0 Å². The van der Waals surface area contributed by atoms with Crippen LogP contribution in [0.25, 0.3) is 0 Å². The lowest BCUT2D eigenvalue weighted by Gasteiger charge is -2.33. The van der Waals surface area contributed by atoms with Crippen molar-refractivity contribution in [1.82, 2.24) is 4.90 Å². The highest BCUT2D eigenvalue weighted by atomic mass is 16.5. The van der Waals surface area contributed by atoms with Crippen LogP contribution in [0.2, 0.25) is 0 Å². The number of nitrogens with zero attached hydrogens (tertiary/aromatic N) is 1. The van der Waals surface area contributed by atoms with Crippen LogP contribution in [0.4, 0.5) is 0 Å². The maximum atomic E-state index is 10.9. The summed E-state index contributed by atoms with van der Waals surface area (Å²) in [4.78, 5) is 13.1. The van der Waals surface area contributed by atoms with Crippen LogP contribution in [0.15, 0.2) is 72.8 Å². The first-order valence-electron chi connectivity index (χ1n) is 12.0. The number of carbonyl (C=O) groups is 1. The fourth-order valence-corrected chi connectivity index (χ4v) is 4.47. The van der Waals surface area contributed by atoms with Crippen molar-refractivity contribution in [3.05, 3.63) is 101 Å². The van der Waals surface area contributed by atoms with Gasteiger partial charge in [-0.25, -0.2) is 0 Å². The summed E-state index contributed by atoms with van der Waals surface area (Å²) in [5.74, 6) is 0.0834. The van der Waals surface area contributed by atoms with Crippen molar-refractivity contribution >= 4 is 5.97 Å². The van der Waals surface area contributed by atoms with Gasteiger partial charge in [0, 0.05) is 19.6 Å². The molecule has 0 saturated carbocycles. The summed E-state index contributed by atoms with van der Waals surface area (Å²) >= 11 is 0. The Morgan fingerprint density at radius 2 is 1.79 bits per heavy atom. The molecule has 3 aromatic rings. The number of hydrogen-bond acceptors (Lipinski definition) is 4. The van der Waals surface area contributed by atoms with Crippen molar-refractivity contribution in [2.45, 2.75) is 38.9 Å². The van der Waals surface area contributed by atoms with Gasteiger partial charge in [-0.1, -0.05) is 60.7 Å². The molecule has 34 heavy (non-hydrogen) atoms. The summed E-state index contributed by atoms with van der Waals surface area (Å²) in [6.07, 6.45) is 2.11. The number of carboxylic acids is 1. The van der Waals surface area contributed by atoms with Gasteiger partial charge in [0.25, 0.3) is 0 Å². The second kappa shape index (κ2) is 11.8. The van der Waals surface area contributed by atoms with Crippen LogP contribution in [0.1, 0.15) is 40.3 Å². The Labute approximate surface area is 201 Å². The van der Waals surface area contributed by atoms with Gasteiger partial charge in [-0.15, -0.1) is 0 Å². The molecule has 0 amide bonds. The molecule has 4 rings (SSSR count). The van der Waals surface area contributed by atoms with Crippen LogP contribution in [-0.2, 0) is 29.0 Å². The molecule has 178 valence electrons. The molecule has 1 heterocycles. The van der Waals surface area contributed by atoms with E-state index in [2.05, 4.69) is 78.6 Å². The van der Waals surface area contributed by atoms with Gasteiger partial charge in [0.05, 0.1) is 19.1 Å². The summed E-state index contributed by atoms with van der Waals surface area (Å²) in [6, 6.07) is 25.2. The van der Waals surface area contributed by atoms with Gasteiger partial charge in [0.1, 0.15) is 12.4 Å². The molecule has 5 nitrogen and oxygen atoms in total. The second-order valence-electron chi connectivity index (χ2n) is 8.87. The third kappa shape index (κ3) is 6.69. The Bertz CT molecular complexity index is 1080. The summed E-state index contributed by atoms with van der Waals surface area (Å²) in [5.41, 5.74) is 6.13. The molecule has 1 aliphatic heterocycles. The normalized spacial score (nSPS) is 16.3. The van der Waals surface area contributed by atoms with Crippen LogP contribution in [-0.4, -0.2) is 42.2 Å². The number of aliphatic carboxylic acids is 1. The summed E-state index contributed by atoms with van der Waals surface area (Å²) in [7, 11) is 0. The van der Waals surface area contributed by atoms with Gasteiger partial charge in [-0.3, -0.25) is 9.69 Å². The minimum atomic E-state index is -0.762. The summed E-state index contributed by atoms with van der Waals surface area (Å²) < 4.78 is 12.2. The van der Waals surface area contributed by atoms with E-state index in [-0.39, 0.29) is 12.5 Å². The van der Waals surface area contributed by atoms with Gasteiger partial charge < -0.3 is 14.6 Å². The quantitative estimate of drug-likeness (QED) is 0.451. The SMILES string of the molecule is Cc1cc(OCc2ccccc2CCc2ccccc2)ccc1C1CN(CCC(=O)O)CCO1. The van der Waals surface area contributed by atoms with Crippen LogP contribution in [0, 0.1) is 6.92 Å². The maximum absolute atomic E-state index is 10.9. The molecule has 1 fully saturated rings. The number of benzene rings is 3. The lowest BCUT2D eigenvalue weighted by atomic mass is 10.00. The minimum Gasteiger partial charge on any atom is -0.489 e. The van der Waals surface area contributed by atoms with E-state index in [0.29, 0.717) is 26.3 Å². The van der Waals surface area contributed by atoms with Crippen molar-refractivity contribution in [3.8, 4) is 5.75 Å². The van der Waals surface area contributed by atoms with E-state index in [1.165, 1.54) is 16.7 Å². The Balaban J connectivity index is 1.36. The fourth-order valence-electron chi connectivity index (χ4n) is 4.47. The van der Waals surface area contributed by atoms with Crippen LogP contribution < -0.4 is 4.74 Å². The van der Waals surface area contributed by atoms with E-state index in [1.807, 2.05) is 6.07 Å². The lowest BCUT2D eigenvalue weighted by Crippen LogP contribution is -2.39. The summed E-state index contributed by atoms with van der Waals surface area (Å²) in [6.45, 7) is 5.26. The van der Waals surface area contributed by atoms with E-state index in [0.717, 1.165) is 36.3 Å². The maximum Gasteiger partial charge on any atom is 0.304 e. The number of hydrogen-bond donors (Lipinski definition) is 1. The Hall–Kier alpha value is -3.15. The Kier molecular flexibility index (Phi) is 8.34. The number of carboxylic acid groups (broad SMARTS) is 1. The highest BCUT2D eigenvalue weighted by Gasteiger charge is 2.23. The topological polar surface area (TPSA) is 59.0 Å². The van der Waals surface area contributed by atoms with Crippen LogP contribution in [0.3, 0.4) is 0 Å². The minimum absolute atomic E-state index is 0.0460. The van der Waals surface area contributed by atoms with Crippen molar-refractivity contribution in [2.75, 3.05) is 26.2 Å². The highest BCUT2D eigenvalue weighted by molar-refractivity contribution is 5.66. The van der Waals surface area contributed by atoms with Crippen LogP contribution >= 0.6 is 0 Å². The molecule has 0 aromatic heterocycles. The Morgan fingerprint density at radius 1 is 1.03 bits per heavy atom. The molecule has 1 aliphatic rings. The molecule has 3 aromatic carbocycles. The monoisotopic (exact) mass is 459 g/mol. The zero-order chi connectivity index (χ0) is 23.8. The zero-order valence-corrected chi connectivity index (χ0v) is 19.8. The summed E-state index contributed by atoms with van der Waals surface area (Å²) in [5, 5.41) is 8.96. The predicted octanol–water partition coefficient (Wildman–Crippen LogP) is 5.21. The number of morpholine rings is 1. The van der Waals surface area contributed by atoms with Crippen molar-refractivity contribution in [2.24, 2.45) is 0 Å². The average molecular weight is 460 g/mol. The molecule has 0 aliphatic carbocycles. The van der Waals surface area contributed by atoms with Crippen molar-refractivity contribution < 1.29 is 19.4 Å². The predicted molar refractivity (Wildman–Crippen MR) is 133 cm³/mol. The average Bonchev–Trinajstić information content (AvgIpc) is 2.86. The number of aryl methyl sites for hydroxylation is 3. The highest BCUT2D eigenvalue weighted by Crippen LogP contribution is 2.28. The van der Waals surface area contributed by atoms with Crippen LogP contribution in [0.5, 0.6) is 5.75 Å². The van der Waals surface area contributed by atoms with E-state index >= 15 is 0 Å². The van der Waals surface area contributed by atoms with Gasteiger partial charge in [0.2, 0.25) is 0 Å². The lowest BCUT2D eigenvalue weighted by molar-refractivity contribution is -0.137. The molecule has 1 N–H and O–H groups in total. The molecule has 0 bridgehead atoms. The Morgan fingerprint density at radius 3 is 2.56 bits per heavy atom. The van der Waals surface area contributed by atoms with Gasteiger partial charge in [-0.2, -0.15) is 0 Å². The van der Waals surface area contributed by atoms with E-state index in [4.69, 9.17) is 14.6 Å². The third-order valence-corrected chi connectivity index (χ3v) is 6.42. The van der Waals surface area contributed by atoms with E-state index in [9.17, 15) is 4.79 Å². The number of ether oxygens (including phenoxy) is 2. The first-order valence-corrected chi connectivity index (χ1v) is 12.0. The standard InChI is InChI=1S/C29H33NO4/c1-22-19-26(13-14-27(22)28-20-30(17-18-33-28)16-15-29(31)32)34-21-25-10-6-5-9-24(25)12-11-23-7-3-2-4-8-23/h2-10,13-14,19,28H,11-12,15-18,20-21H2,1H3,(H,31,32). The largest absolute Gasteiger partial charge is 0.489 e. The molecule has 0 spiro atoms. The third-order valence-electron chi connectivity index (χ3n) is 6.42. The second-order valence-corrected chi connectivity index (χ2v) is 8.87. The van der Waals surface area contributed by atoms with Crippen molar-refractivity contribution in [3.63, 3.8) is 0 Å². The molecule has 1 saturated heterocycles. The molecular weight excluding hydrogens is 426 g/mol. The van der Waals surface area contributed by atoms with Gasteiger partial charge in [0.15, 0.2) is 0 Å². The fraction of sp³-hybridized carbons (Fsp3) is 0.345. The van der Waals surface area contributed by atoms with Gasteiger partial charge >= 0.3 is 5.97 Å². The first kappa shape index (κ1) is 24.0.